The van der Waals surface area contributed by atoms with Gasteiger partial charge in [-0.05, 0) is 31.5 Å². The van der Waals surface area contributed by atoms with Crippen molar-refractivity contribution in [1.82, 2.24) is 5.32 Å². The van der Waals surface area contributed by atoms with Crippen LogP contribution in [0.25, 0.3) is 0 Å². The highest BCUT2D eigenvalue weighted by molar-refractivity contribution is 5.35. The molecule has 100 valence electrons. The Morgan fingerprint density at radius 3 is 2.67 bits per heavy atom. The molecular weight excluding hydrogens is 243 g/mol. The zero-order valence-corrected chi connectivity index (χ0v) is 9.96. The molecule has 0 bridgehead atoms. The number of benzene rings is 1. The van der Waals surface area contributed by atoms with Crippen molar-refractivity contribution in [2.75, 3.05) is 13.2 Å². The minimum Gasteiger partial charge on any atom is -0.491 e. The minimum atomic E-state index is -4.36. The predicted octanol–water partition coefficient (Wildman–Crippen LogP) is 3.23. The van der Waals surface area contributed by atoms with Crippen LogP contribution in [0.2, 0.25) is 0 Å². The van der Waals surface area contributed by atoms with Crippen molar-refractivity contribution in [3.63, 3.8) is 0 Å². The average Bonchev–Trinajstić information content (AvgIpc) is 2.37. The first-order chi connectivity index (χ1) is 8.57. The van der Waals surface area contributed by atoms with Gasteiger partial charge >= 0.3 is 6.18 Å². The SMILES string of the molecule is FC(F)(F)c1ccccc1OCC1CCCCN1. The smallest absolute Gasteiger partial charge is 0.419 e. The van der Waals surface area contributed by atoms with Crippen LogP contribution in [0.15, 0.2) is 24.3 Å². The van der Waals surface area contributed by atoms with E-state index in [-0.39, 0.29) is 18.4 Å². The first kappa shape index (κ1) is 13.2. The fourth-order valence-corrected chi connectivity index (χ4v) is 2.08. The van der Waals surface area contributed by atoms with Crippen LogP contribution in [0.5, 0.6) is 5.75 Å². The molecule has 1 N–H and O–H groups in total. The molecule has 1 unspecified atom stereocenters. The van der Waals surface area contributed by atoms with Gasteiger partial charge in [-0.2, -0.15) is 13.2 Å². The van der Waals surface area contributed by atoms with E-state index >= 15 is 0 Å². The van der Waals surface area contributed by atoms with Gasteiger partial charge in [0.2, 0.25) is 0 Å². The van der Waals surface area contributed by atoms with Crippen LogP contribution in [0, 0.1) is 0 Å². The van der Waals surface area contributed by atoms with Crippen LogP contribution in [-0.4, -0.2) is 19.2 Å². The topological polar surface area (TPSA) is 21.3 Å². The molecule has 1 aromatic carbocycles. The van der Waals surface area contributed by atoms with Gasteiger partial charge in [-0.1, -0.05) is 18.6 Å². The van der Waals surface area contributed by atoms with E-state index in [4.69, 9.17) is 4.74 Å². The molecule has 0 radical (unpaired) electrons. The summed E-state index contributed by atoms with van der Waals surface area (Å²) < 4.78 is 43.5. The monoisotopic (exact) mass is 259 g/mol. The largest absolute Gasteiger partial charge is 0.491 e. The summed E-state index contributed by atoms with van der Waals surface area (Å²) in [6.07, 6.45) is -1.19. The maximum atomic E-state index is 12.7. The van der Waals surface area contributed by atoms with Crippen LogP contribution < -0.4 is 10.1 Å². The van der Waals surface area contributed by atoms with Gasteiger partial charge in [-0.25, -0.2) is 0 Å². The lowest BCUT2D eigenvalue weighted by atomic mass is 10.1. The normalized spacial score (nSPS) is 20.7. The van der Waals surface area contributed by atoms with Crippen molar-refractivity contribution in [3.05, 3.63) is 29.8 Å². The van der Waals surface area contributed by atoms with E-state index in [0.717, 1.165) is 31.9 Å². The van der Waals surface area contributed by atoms with Crippen LogP contribution in [0.4, 0.5) is 13.2 Å². The Hall–Kier alpha value is -1.23. The lowest BCUT2D eigenvalue weighted by molar-refractivity contribution is -0.139. The molecule has 0 aromatic heterocycles. The number of halogens is 3. The molecule has 1 aliphatic rings. The number of piperidine rings is 1. The van der Waals surface area contributed by atoms with Crippen LogP contribution in [0.1, 0.15) is 24.8 Å². The zero-order valence-electron chi connectivity index (χ0n) is 9.96. The van der Waals surface area contributed by atoms with E-state index in [1.54, 1.807) is 6.07 Å². The van der Waals surface area contributed by atoms with E-state index < -0.39 is 11.7 Å². The number of ether oxygens (including phenoxy) is 1. The number of rotatable bonds is 3. The number of para-hydroxylation sites is 1. The molecule has 2 nitrogen and oxygen atoms in total. The highest BCUT2D eigenvalue weighted by Crippen LogP contribution is 2.35. The lowest BCUT2D eigenvalue weighted by Gasteiger charge is -2.24. The van der Waals surface area contributed by atoms with Crippen LogP contribution >= 0.6 is 0 Å². The molecule has 1 aliphatic heterocycles. The second-order valence-corrected chi connectivity index (χ2v) is 4.45. The van der Waals surface area contributed by atoms with Gasteiger partial charge in [0.15, 0.2) is 0 Å². The Labute approximate surface area is 104 Å². The third-order valence-electron chi connectivity index (χ3n) is 3.04. The average molecular weight is 259 g/mol. The minimum absolute atomic E-state index is 0.0858. The van der Waals surface area contributed by atoms with E-state index in [1.165, 1.54) is 12.1 Å². The van der Waals surface area contributed by atoms with Crippen LogP contribution in [0.3, 0.4) is 0 Å². The Morgan fingerprint density at radius 2 is 2.00 bits per heavy atom. The molecule has 0 aliphatic carbocycles. The van der Waals surface area contributed by atoms with E-state index in [9.17, 15) is 13.2 Å². The molecule has 1 aromatic rings. The molecule has 1 saturated heterocycles. The molecule has 1 fully saturated rings. The van der Waals surface area contributed by atoms with Crippen LogP contribution in [-0.2, 0) is 6.18 Å². The standard InChI is InChI=1S/C13H16F3NO/c14-13(15,16)11-6-1-2-7-12(11)18-9-10-5-3-4-8-17-10/h1-2,6-7,10,17H,3-5,8-9H2. The summed E-state index contributed by atoms with van der Waals surface area (Å²) in [5.41, 5.74) is -0.708. The van der Waals surface area contributed by atoms with Gasteiger partial charge in [0.05, 0.1) is 5.56 Å². The highest BCUT2D eigenvalue weighted by atomic mass is 19.4. The Kier molecular flexibility index (Phi) is 4.11. The summed E-state index contributed by atoms with van der Waals surface area (Å²) in [5, 5.41) is 3.24. The third kappa shape index (κ3) is 3.38. The summed E-state index contributed by atoms with van der Waals surface area (Å²) in [6, 6.07) is 5.49. The molecule has 0 amide bonds. The zero-order chi connectivity index (χ0) is 13.0. The van der Waals surface area contributed by atoms with Crippen molar-refractivity contribution in [2.24, 2.45) is 0 Å². The molecule has 1 heterocycles. The second-order valence-electron chi connectivity index (χ2n) is 4.45. The van der Waals surface area contributed by atoms with E-state index in [1.807, 2.05) is 0 Å². The molecule has 18 heavy (non-hydrogen) atoms. The predicted molar refractivity (Wildman–Crippen MR) is 62.6 cm³/mol. The first-order valence-electron chi connectivity index (χ1n) is 6.10. The molecule has 5 heteroatoms. The van der Waals surface area contributed by atoms with Gasteiger partial charge in [0.25, 0.3) is 0 Å². The summed E-state index contributed by atoms with van der Waals surface area (Å²) in [4.78, 5) is 0. The number of hydrogen-bond acceptors (Lipinski definition) is 2. The van der Waals surface area contributed by atoms with E-state index in [0.29, 0.717) is 0 Å². The van der Waals surface area contributed by atoms with Crippen molar-refractivity contribution in [1.29, 1.82) is 0 Å². The fourth-order valence-electron chi connectivity index (χ4n) is 2.08. The first-order valence-corrected chi connectivity index (χ1v) is 6.10. The van der Waals surface area contributed by atoms with Crippen molar-refractivity contribution in [2.45, 2.75) is 31.5 Å². The van der Waals surface area contributed by atoms with Crippen molar-refractivity contribution < 1.29 is 17.9 Å². The molecular formula is C13H16F3NO. The van der Waals surface area contributed by atoms with Gasteiger partial charge < -0.3 is 10.1 Å². The fraction of sp³-hybridized carbons (Fsp3) is 0.538. The lowest BCUT2D eigenvalue weighted by Crippen LogP contribution is -2.38. The summed E-state index contributed by atoms with van der Waals surface area (Å²) in [7, 11) is 0. The highest BCUT2D eigenvalue weighted by Gasteiger charge is 2.34. The summed E-state index contributed by atoms with van der Waals surface area (Å²) in [5.74, 6) is -0.0858. The Balaban J connectivity index is 2.00. The second kappa shape index (κ2) is 5.61. The maximum Gasteiger partial charge on any atom is 0.419 e. The van der Waals surface area contributed by atoms with Crippen molar-refractivity contribution >= 4 is 0 Å². The maximum absolute atomic E-state index is 12.7. The van der Waals surface area contributed by atoms with Gasteiger partial charge in [-0.15, -0.1) is 0 Å². The number of alkyl halides is 3. The Bertz CT molecular complexity index is 386. The number of nitrogens with one attached hydrogen (secondary N) is 1. The summed E-state index contributed by atoms with van der Waals surface area (Å²) >= 11 is 0. The van der Waals surface area contributed by atoms with Gasteiger partial charge in [0.1, 0.15) is 12.4 Å². The Morgan fingerprint density at radius 1 is 1.22 bits per heavy atom. The quantitative estimate of drug-likeness (QED) is 0.899. The van der Waals surface area contributed by atoms with E-state index in [2.05, 4.69) is 5.32 Å². The molecule has 2 rings (SSSR count). The molecule has 1 atom stereocenters. The van der Waals surface area contributed by atoms with Gasteiger partial charge in [-0.3, -0.25) is 0 Å². The molecule has 0 saturated carbocycles. The third-order valence-corrected chi connectivity index (χ3v) is 3.04. The van der Waals surface area contributed by atoms with Gasteiger partial charge in [0, 0.05) is 6.04 Å². The number of hydrogen-bond donors (Lipinski definition) is 1. The van der Waals surface area contributed by atoms with Crippen molar-refractivity contribution in [3.8, 4) is 5.75 Å². The summed E-state index contributed by atoms with van der Waals surface area (Å²) in [6.45, 7) is 1.20. The molecule has 0 spiro atoms.